The first-order valence-corrected chi connectivity index (χ1v) is 7.20. The number of anilines is 2. The van der Waals surface area contributed by atoms with E-state index in [0.29, 0.717) is 35.0 Å². The predicted molar refractivity (Wildman–Crippen MR) is 87.7 cm³/mol. The predicted octanol–water partition coefficient (Wildman–Crippen LogP) is 2.89. The Morgan fingerprint density at radius 3 is 2.71 bits per heavy atom. The maximum absolute atomic E-state index is 11.7. The summed E-state index contributed by atoms with van der Waals surface area (Å²) in [6.07, 6.45) is 0. The zero-order valence-electron chi connectivity index (χ0n) is 13.6. The van der Waals surface area contributed by atoms with E-state index in [-0.39, 0.29) is 5.88 Å². The van der Waals surface area contributed by atoms with Crippen LogP contribution in [0, 0.1) is 11.3 Å². The van der Waals surface area contributed by atoms with Gasteiger partial charge < -0.3 is 19.5 Å². The van der Waals surface area contributed by atoms with Crippen molar-refractivity contribution in [1.82, 2.24) is 4.98 Å². The number of methoxy groups -OCH3 is 2. The van der Waals surface area contributed by atoms with E-state index in [9.17, 15) is 4.79 Å². The molecule has 1 heterocycles. The molecule has 1 N–H and O–H groups in total. The minimum absolute atomic E-state index is 0.267. The number of nitrogens with zero attached hydrogens (tertiary/aromatic N) is 2. The van der Waals surface area contributed by atoms with Gasteiger partial charge in [0.1, 0.15) is 28.8 Å². The molecule has 2 aromatic rings. The van der Waals surface area contributed by atoms with Crippen molar-refractivity contribution >= 4 is 17.5 Å². The average molecular weight is 327 g/mol. The Bertz CT molecular complexity index is 784. The van der Waals surface area contributed by atoms with Crippen molar-refractivity contribution in [3.8, 4) is 17.7 Å². The van der Waals surface area contributed by atoms with Crippen LogP contribution in [0.5, 0.6) is 11.6 Å². The van der Waals surface area contributed by atoms with Gasteiger partial charge in [0.2, 0.25) is 5.88 Å². The molecule has 0 bridgehead atoms. The Labute approximate surface area is 139 Å². The summed E-state index contributed by atoms with van der Waals surface area (Å²) in [5.41, 5.74) is 1.36. The standard InChI is InChI=1S/C17H17N3O4/c1-4-24-16-11(10-18)5-8-15(20-16)19-12-6-7-13(17(21)23-3)14(9-12)22-2/h5-9H,4H2,1-3H3,(H,19,20). The zero-order chi connectivity index (χ0) is 17.5. The van der Waals surface area contributed by atoms with Crippen LogP contribution in [-0.4, -0.2) is 31.8 Å². The second-order valence-corrected chi connectivity index (χ2v) is 4.63. The molecule has 0 amide bonds. The van der Waals surface area contributed by atoms with Crippen LogP contribution < -0.4 is 14.8 Å². The first-order valence-electron chi connectivity index (χ1n) is 7.20. The van der Waals surface area contributed by atoms with Gasteiger partial charge in [0, 0.05) is 11.8 Å². The topological polar surface area (TPSA) is 93.5 Å². The summed E-state index contributed by atoms with van der Waals surface area (Å²) in [6, 6.07) is 10.3. The van der Waals surface area contributed by atoms with Gasteiger partial charge in [-0.3, -0.25) is 0 Å². The van der Waals surface area contributed by atoms with Gasteiger partial charge in [0.05, 0.1) is 20.8 Å². The van der Waals surface area contributed by atoms with Crippen molar-refractivity contribution in [3.63, 3.8) is 0 Å². The summed E-state index contributed by atoms with van der Waals surface area (Å²) in [7, 11) is 2.78. The van der Waals surface area contributed by atoms with E-state index >= 15 is 0 Å². The quantitative estimate of drug-likeness (QED) is 0.815. The number of carbonyl (C=O) groups is 1. The lowest BCUT2D eigenvalue weighted by atomic mass is 10.2. The number of rotatable bonds is 6. The first-order chi connectivity index (χ1) is 11.6. The molecule has 0 spiro atoms. The minimum atomic E-state index is -0.478. The molecular weight excluding hydrogens is 310 g/mol. The fourth-order valence-electron chi connectivity index (χ4n) is 2.04. The summed E-state index contributed by atoms with van der Waals surface area (Å²) >= 11 is 0. The molecule has 7 heteroatoms. The third-order valence-corrected chi connectivity index (χ3v) is 3.14. The van der Waals surface area contributed by atoms with E-state index in [1.807, 2.05) is 13.0 Å². The fourth-order valence-corrected chi connectivity index (χ4v) is 2.04. The Kier molecular flexibility index (Phi) is 5.58. The van der Waals surface area contributed by atoms with Crippen LogP contribution in [-0.2, 0) is 4.74 Å². The molecule has 0 atom stereocenters. The molecule has 124 valence electrons. The minimum Gasteiger partial charge on any atom is -0.496 e. The van der Waals surface area contributed by atoms with E-state index in [1.54, 1.807) is 30.3 Å². The normalized spacial score (nSPS) is 9.75. The molecule has 0 unspecified atom stereocenters. The highest BCUT2D eigenvalue weighted by Gasteiger charge is 2.14. The maximum atomic E-state index is 11.7. The number of pyridine rings is 1. The second kappa shape index (κ2) is 7.83. The number of nitriles is 1. The lowest BCUT2D eigenvalue weighted by molar-refractivity contribution is 0.0597. The third-order valence-electron chi connectivity index (χ3n) is 3.14. The van der Waals surface area contributed by atoms with E-state index in [4.69, 9.17) is 19.5 Å². The van der Waals surface area contributed by atoms with Crippen molar-refractivity contribution in [2.45, 2.75) is 6.92 Å². The van der Waals surface area contributed by atoms with Crippen LogP contribution in [0.15, 0.2) is 30.3 Å². The number of hydrogen-bond acceptors (Lipinski definition) is 7. The van der Waals surface area contributed by atoms with E-state index < -0.39 is 5.97 Å². The van der Waals surface area contributed by atoms with Crippen molar-refractivity contribution in [1.29, 1.82) is 5.26 Å². The molecule has 0 aliphatic carbocycles. The molecular formula is C17H17N3O4. The lowest BCUT2D eigenvalue weighted by Gasteiger charge is -2.12. The molecule has 2 rings (SSSR count). The summed E-state index contributed by atoms with van der Waals surface area (Å²) < 4.78 is 15.3. The van der Waals surface area contributed by atoms with Gasteiger partial charge in [0.25, 0.3) is 0 Å². The smallest absolute Gasteiger partial charge is 0.341 e. The summed E-state index contributed by atoms with van der Waals surface area (Å²) in [5, 5.41) is 12.1. The van der Waals surface area contributed by atoms with Gasteiger partial charge in [-0.1, -0.05) is 0 Å². The molecule has 7 nitrogen and oxygen atoms in total. The number of aromatic nitrogens is 1. The molecule has 0 saturated carbocycles. The molecule has 1 aromatic heterocycles. The SMILES string of the molecule is CCOc1nc(Nc2ccc(C(=O)OC)c(OC)c2)ccc1C#N. The van der Waals surface area contributed by atoms with Gasteiger partial charge in [-0.15, -0.1) is 0 Å². The van der Waals surface area contributed by atoms with Crippen LogP contribution in [0.2, 0.25) is 0 Å². The lowest BCUT2D eigenvalue weighted by Crippen LogP contribution is -2.05. The molecule has 0 radical (unpaired) electrons. The van der Waals surface area contributed by atoms with E-state index in [2.05, 4.69) is 10.3 Å². The van der Waals surface area contributed by atoms with Crippen LogP contribution in [0.1, 0.15) is 22.8 Å². The molecule has 0 saturated heterocycles. The third kappa shape index (κ3) is 3.73. The first kappa shape index (κ1) is 17.1. The van der Waals surface area contributed by atoms with Gasteiger partial charge in [-0.05, 0) is 31.2 Å². The Hall–Kier alpha value is -3.27. The zero-order valence-corrected chi connectivity index (χ0v) is 13.6. The summed E-state index contributed by atoms with van der Waals surface area (Å²) in [4.78, 5) is 15.9. The monoisotopic (exact) mass is 327 g/mol. The number of nitrogens with one attached hydrogen (secondary N) is 1. The van der Waals surface area contributed by atoms with Crippen LogP contribution in [0.3, 0.4) is 0 Å². The largest absolute Gasteiger partial charge is 0.496 e. The Morgan fingerprint density at radius 1 is 1.29 bits per heavy atom. The second-order valence-electron chi connectivity index (χ2n) is 4.63. The van der Waals surface area contributed by atoms with Crippen LogP contribution >= 0.6 is 0 Å². The number of esters is 1. The van der Waals surface area contributed by atoms with Gasteiger partial charge in [-0.2, -0.15) is 10.2 Å². The number of benzene rings is 1. The van der Waals surface area contributed by atoms with Gasteiger partial charge in [-0.25, -0.2) is 4.79 Å². The highest BCUT2D eigenvalue weighted by molar-refractivity contribution is 5.93. The number of ether oxygens (including phenoxy) is 3. The Morgan fingerprint density at radius 2 is 2.08 bits per heavy atom. The van der Waals surface area contributed by atoms with Crippen LogP contribution in [0.25, 0.3) is 0 Å². The van der Waals surface area contributed by atoms with Crippen molar-refractivity contribution < 1.29 is 19.0 Å². The highest BCUT2D eigenvalue weighted by Crippen LogP contribution is 2.27. The van der Waals surface area contributed by atoms with Crippen molar-refractivity contribution in [2.24, 2.45) is 0 Å². The van der Waals surface area contributed by atoms with E-state index in [0.717, 1.165) is 0 Å². The van der Waals surface area contributed by atoms with Crippen LogP contribution in [0.4, 0.5) is 11.5 Å². The van der Waals surface area contributed by atoms with E-state index in [1.165, 1.54) is 14.2 Å². The average Bonchev–Trinajstić information content (AvgIpc) is 2.61. The summed E-state index contributed by atoms with van der Waals surface area (Å²) in [5.74, 6) is 0.674. The number of carbonyl (C=O) groups excluding carboxylic acids is 1. The molecule has 0 aliphatic rings. The molecule has 0 aliphatic heterocycles. The Balaban J connectivity index is 2.30. The highest BCUT2D eigenvalue weighted by atomic mass is 16.5. The molecule has 0 fully saturated rings. The van der Waals surface area contributed by atoms with Crippen molar-refractivity contribution in [2.75, 3.05) is 26.1 Å². The molecule has 1 aromatic carbocycles. The fraction of sp³-hybridized carbons (Fsp3) is 0.235. The van der Waals surface area contributed by atoms with Crippen molar-refractivity contribution in [3.05, 3.63) is 41.5 Å². The number of hydrogen-bond donors (Lipinski definition) is 1. The molecule has 24 heavy (non-hydrogen) atoms. The van der Waals surface area contributed by atoms with Gasteiger partial charge in [0.15, 0.2) is 0 Å². The maximum Gasteiger partial charge on any atom is 0.341 e. The summed E-state index contributed by atoms with van der Waals surface area (Å²) in [6.45, 7) is 2.23. The van der Waals surface area contributed by atoms with Gasteiger partial charge >= 0.3 is 5.97 Å².